The topological polar surface area (TPSA) is 67.2 Å². The SMILES string of the molecule is CC(NC(=O)c1nc(C(=O)N2CCCCCC2)n2c1CCCC2)c1ccccc1. The van der Waals surface area contributed by atoms with Crippen molar-refractivity contribution >= 4 is 11.8 Å². The first-order valence-electron chi connectivity index (χ1n) is 10.9. The Kier molecular flexibility index (Phi) is 5.97. The first kappa shape index (κ1) is 19.7. The van der Waals surface area contributed by atoms with E-state index < -0.39 is 0 Å². The minimum Gasteiger partial charge on any atom is -0.344 e. The molecule has 1 unspecified atom stereocenters. The summed E-state index contributed by atoms with van der Waals surface area (Å²) in [6.45, 7) is 4.30. The van der Waals surface area contributed by atoms with Crippen LogP contribution >= 0.6 is 0 Å². The van der Waals surface area contributed by atoms with Crippen molar-refractivity contribution < 1.29 is 9.59 Å². The van der Waals surface area contributed by atoms with Crippen LogP contribution in [0.15, 0.2) is 30.3 Å². The van der Waals surface area contributed by atoms with Gasteiger partial charge in [0.25, 0.3) is 11.8 Å². The van der Waals surface area contributed by atoms with E-state index in [1.807, 2.05) is 46.7 Å². The van der Waals surface area contributed by atoms with E-state index in [1.54, 1.807) is 0 Å². The third-order valence-corrected chi connectivity index (χ3v) is 6.06. The summed E-state index contributed by atoms with van der Waals surface area (Å²) in [5, 5.41) is 3.06. The molecule has 0 radical (unpaired) electrons. The molecule has 154 valence electrons. The van der Waals surface area contributed by atoms with Crippen molar-refractivity contribution in [1.82, 2.24) is 19.8 Å². The largest absolute Gasteiger partial charge is 0.344 e. The molecule has 29 heavy (non-hydrogen) atoms. The molecular weight excluding hydrogens is 364 g/mol. The van der Waals surface area contributed by atoms with E-state index in [-0.39, 0.29) is 17.9 Å². The van der Waals surface area contributed by atoms with Gasteiger partial charge in [0.15, 0.2) is 5.82 Å². The van der Waals surface area contributed by atoms with Crippen molar-refractivity contribution in [1.29, 1.82) is 0 Å². The van der Waals surface area contributed by atoms with Gasteiger partial charge in [-0.3, -0.25) is 9.59 Å². The fourth-order valence-electron chi connectivity index (χ4n) is 4.39. The fourth-order valence-corrected chi connectivity index (χ4v) is 4.39. The van der Waals surface area contributed by atoms with Crippen molar-refractivity contribution in [2.45, 2.75) is 64.5 Å². The van der Waals surface area contributed by atoms with Crippen LogP contribution in [-0.2, 0) is 13.0 Å². The van der Waals surface area contributed by atoms with Crippen LogP contribution in [0.25, 0.3) is 0 Å². The zero-order chi connectivity index (χ0) is 20.2. The average Bonchev–Trinajstić information content (AvgIpc) is 2.93. The quantitative estimate of drug-likeness (QED) is 0.859. The monoisotopic (exact) mass is 394 g/mol. The summed E-state index contributed by atoms with van der Waals surface area (Å²) in [5.41, 5.74) is 2.38. The van der Waals surface area contributed by atoms with Crippen LogP contribution in [0.1, 0.15) is 83.9 Å². The number of benzene rings is 1. The zero-order valence-electron chi connectivity index (χ0n) is 17.2. The van der Waals surface area contributed by atoms with Crippen molar-refractivity contribution in [3.8, 4) is 0 Å². The molecule has 0 bridgehead atoms. The first-order chi connectivity index (χ1) is 14.1. The van der Waals surface area contributed by atoms with E-state index in [4.69, 9.17) is 0 Å². The molecule has 2 aromatic rings. The van der Waals surface area contributed by atoms with Gasteiger partial charge in [-0.25, -0.2) is 4.98 Å². The summed E-state index contributed by atoms with van der Waals surface area (Å²) in [6.07, 6.45) is 7.27. The molecule has 1 fully saturated rings. The van der Waals surface area contributed by atoms with Gasteiger partial charge in [0.2, 0.25) is 0 Å². The molecule has 2 aliphatic rings. The summed E-state index contributed by atoms with van der Waals surface area (Å²) >= 11 is 0. The summed E-state index contributed by atoms with van der Waals surface area (Å²) in [6, 6.07) is 9.78. The average molecular weight is 395 g/mol. The molecule has 2 amide bonds. The number of nitrogens with zero attached hydrogens (tertiary/aromatic N) is 3. The molecule has 1 aromatic carbocycles. The van der Waals surface area contributed by atoms with Crippen LogP contribution in [-0.4, -0.2) is 39.4 Å². The molecule has 6 heteroatoms. The highest BCUT2D eigenvalue weighted by Gasteiger charge is 2.30. The third kappa shape index (κ3) is 4.21. The molecule has 4 rings (SSSR count). The number of amides is 2. The third-order valence-electron chi connectivity index (χ3n) is 6.06. The molecular formula is C23H30N4O2. The number of carbonyl (C=O) groups is 2. The van der Waals surface area contributed by atoms with Gasteiger partial charge in [-0.2, -0.15) is 0 Å². The Morgan fingerprint density at radius 1 is 0.966 bits per heavy atom. The van der Waals surface area contributed by atoms with E-state index in [9.17, 15) is 9.59 Å². The van der Waals surface area contributed by atoms with Crippen LogP contribution < -0.4 is 5.32 Å². The second-order valence-corrected chi connectivity index (χ2v) is 8.15. The number of likely N-dealkylation sites (tertiary alicyclic amines) is 1. The Hall–Kier alpha value is -2.63. The highest BCUT2D eigenvalue weighted by atomic mass is 16.2. The lowest BCUT2D eigenvalue weighted by atomic mass is 10.1. The molecule has 0 spiro atoms. The molecule has 0 saturated carbocycles. The Bertz CT molecular complexity index is 867. The molecule has 1 N–H and O–H groups in total. The smallest absolute Gasteiger partial charge is 0.289 e. The van der Waals surface area contributed by atoms with Gasteiger partial charge in [0.1, 0.15) is 5.69 Å². The minimum atomic E-state index is -0.193. The number of nitrogens with one attached hydrogen (secondary N) is 1. The van der Waals surface area contributed by atoms with Gasteiger partial charge >= 0.3 is 0 Å². The molecule has 0 aliphatic carbocycles. The number of aromatic nitrogens is 2. The highest BCUT2D eigenvalue weighted by molar-refractivity contribution is 5.97. The number of fused-ring (bicyclic) bond motifs is 1. The normalized spacial score (nSPS) is 17.9. The Labute approximate surface area is 172 Å². The maximum absolute atomic E-state index is 13.2. The second-order valence-electron chi connectivity index (χ2n) is 8.15. The van der Waals surface area contributed by atoms with E-state index in [0.717, 1.165) is 63.0 Å². The van der Waals surface area contributed by atoms with Crippen LogP contribution in [0.4, 0.5) is 0 Å². The molecule has 6 nitrogen and oxygen atoms in total. The van der Waals surface area contributed by atoms with Crippen LogP contribution in [0.3, 0.4) is 0 Å². The summed E-state index contributed by atoms with van der Waals surface area (Å²) in [5.74, 6) is 0.228. The Morgan fingerprint density at radius 3 is 2.38 bits per heavy atom. The summed E-state index contributed by atoms with van der Waals surface area (Å²) in [7, 11) is 0. The van der Waals surface area contributed by atoms with Crippen LogP contribution in [0, 0.1) is 0 Å². The molecule has 1 aromatic heterocycles. The number of carbonyl (C=O) groups excluding carboxylic acids is 2. The van der Waals surface area contributed by atoms with Crippen LogP contribution in [0.5, 0.6) is 0 Å². The van der Waals surface area contributed by atoms with Gasteiger partial charge in [0, 0.05) is 19.6 Å². The fraction of sp³-hybridized carbons (Fsp3) is 0.522. The minimum absolute atomic E-state index is 0.0230. The number of hydrogen-bond acceptors (Lipinski definition) is 3. The van der Waals surface area contributed by atoms with Gasteiger partial charge in [-0.15, -0.1) is 0 Å². The number of hydrogen-bond donors (Lipinski definition) is 1. The van der Waals surface area contributed by atoms with Crippen LogP contribution in [0.2, 0.25) is 0 Å². The van der Waals surface area contributed by atoms with Gasteiger partial charge in [-0.05, 0) is 44.6 Å². The van der Waals surface area contributed by atoms with Crippen molar-refractivity contribution in [3.63, 3.8) is 0 Å². The van der Waals surface area contributed by atoms with E-state index in [2.05, 4.69) is 10.3 Å². The predicted octanol–water partition coefficient (Wildman–Crippen LogP) is 3.73. The predicted molar refractivity (Wildman–Crippen MR) is 112 cm³/mol. The standard InChI is InChI=1S/C23H30N4O2/c1-17(18-11-5-4-6-12-18)24-22(28)20-19-13-7-10-16-27(19)21(25-20)23(29)26-14-8-2-3-9-15-26/h4-6,11-12,17H,2-3,7-10,13-16H2,1H3,(H,24,28). The maximum Gasteiger partial charge on any atom is 0.289 e. The highest BCUT2D eigenvalue weighted by Crippen LogP contribution is 2.24. The van der Waals surface area contributed by atoms with E-state index >= 15 is 0 Å². The molecule has 1 saturated heterocycles. The Balaban J connectivity index is 1.59. The molecule has 2 aliphatic heterocycles. The Morgan fingerprint density at radius 2 is 1.66 bits per heavy atom. The molecule has 3 heterocycles. The van der Waals surface area contributed by atoms with E-state index in [1.165, 1.54) is 12.8 Å². The van der Waals surface area contributed by atoms with Gasteiger partial charge in [-0.1, -0.05) is 43.2 Å². The molecule has 1 atom stereocenters. The van der Waals surface area contributed by atoms with Crippen molar-refractivity contribution in [3.05, 3.63) is 53.1 Å². The summed E-state index contributed by atoms with van der Waals surface area (Å²) in [4.78, 5) is 32.8. The van der Waals surface area contributed by atoms with E-state index in [0.29, 0.717) is 11.5 Å². The second kappa shape index (κ2) is 8.80. The van der Waals surface area contributed by atoms with Crippen molar-refractivity contribution in [2.24, 2.45) is 0 Å². The van der Waals surface area contributed by atoms with Crippen molar-refractivity contribution in [2.75, 3.05) is 13.1 Å². The van der Waals surface area contributed by atoms with Gasteiger partial charge in [0.05, 0.1) is 11.7 Å². The number of imidazole rings is 1. The summed E-state index contributed by atoms with van der Waals surface area (Å²) < 4.78 is 2.00. The lowest BCUT2D eigenvalue weighted by molar-refractivity contribution is 0.0743. The zero-order valence-corrected chi connectivity index (χ0v) is 17.2. The maximum atomic E-state index is 13.2. The lowest BCUT2D eigenvalue weighted by Crippen LogP contribution is -2.34. The lowest BCUT2D eigenvalue weighted by Gasteiger charge is -2.22. The van der Waals surface area contributed by atoms with Gasteiger partial charge < -0.3 is 14.8 Å². The first-order valence-corrected chi connectivity index (χ1v) is 10.9. The number of rotatable bonds is 4.